The summed E-state index contributed by atoms with van der Waals surface area (Å²) in [5, 5.41) is 8.45. The van der Waals surface area contributed by atoms with Crippen LogP contribution < -0.4 is 16.0 Å². The Morgan fingerprint density at radius 3 is 1.62 bits per heavy atom. The summed E-state index contributed by atoms with van der Waals surface area (Å²) in [7, 11) is 5.87. The number of cyclic esters (lactones) is 1. The van der Waals surface area contributed by atoms with Crippen molar-refractivity contribution in [3.05, 3.63) is 0 Å². The van der Waals surface area contributed by atoms with Crippen LogP contribution >= 0.6 is 0 Å². The molecule has 80 heavy (non-hydrogen) atoms. The summed E-state index contributed by atoms with van der Waals surface area (Å²) in [4.78, 5) is 169. The molecule has 4 saturated heterocycles. The van der Waals surface area contributed by atoms with Crippen LogP contribution in [0.1, 0.15) is 142 Å². The molecule has 452 valence electrons. The Balaban J connectivity index is 1.88. The van der Waals surface area contributed by atoms with E-state index in [0.717, 1.165) is 4.90 Å². The maximum Gasteiger partial charge on any atom is 0.325 e. The minimum Gasteiger partial charge on any atom is -0.459 e. The third-order valence-electron chi connectivity index (χ3n) is 16.4. The van der Waals surface area contributed by atoms with Crippen molar-refractivity contribution in [2.24, 2.45) is 47.3 Å². The zero-order valence-corrected chi connectivity index (χ0v) is 51.5. The van der Waals surface area contributed by atoms with Gasteiger partial charge in [-0.2, -0.15) is 0 Å². The zero-order chi connectivity index (χ0) is 60.7. The number of nitrogens with one attached hydrogen (secondary N) is 3. The molecule has 0 saturated carbocycles. The third kappa shape index (κ3) is 16.0. The van der Waals surface area contributed by atoms with Crippen LogP contribution in [0.15, 0.2) is 0 Å². The Morgan fingerprint density at radius 1 is 0.613 bits per heavy atom. The standard InChI is InChI=1S/C58H98N10O12/c1-30(2)20-40-53(74)64(18)48(34(9)10)58(79)67-28-36(12)24-44(67)55(76)63(17)42(22-32(5)6)50(71)59-26-46(70)80-38(14)49(52(73)61-41(21-31(3)4)54(75)66-27-35(11)23-43(66)51(72)60-40)65(19)56(77)45-25-37(13)29-68(45)57(78)47(33(7)8)62(16)39(15)69/h30-38,40-45,47-49H,20-29H2,1-19H3,(H,59,71)(H,60,72)(H,61,73)/t35-,36?,37-,38-,40+,41+,42-,43+,44+,45+,47+,48+,49+/m1/s1. The Bertz CT molecular complexity index is 2290. The van der Waals surface area contributed by atoms with Crippen molar-refractivity contribution in [3.8, 4) is 0 Å². The van der Waals surface area contributed by atoms with Crippen LogP contribution in [-0.2, 0) is 57.5 Å². The molecule has 3 N–H and O–H groups in total. The number of esters is 1. The fraction of sp³-hybridized carbons (Fsp3) is 0.810. The Hall–Kier alpha value is -5.83. The second kappa shape index (κ2) is 28.2. The molecule has 22 heteroatoms. The molecule has 4 fully saturated rings. The molecular formula is C58H98N10O12. The highest BCUT2D eigenvalue weighted by atomic mass is 16.5. The van der Waals surface area contributed by atoms with Gasteiger partial charge in [-0.25, -0.2) is 0 Å². The van der Waals surface area contributed by atoms with Crippen molar-refractivity contribution in [3.63, 3.8) is 0 Å². The summed E-state index contributed by atoms with van der Waals surface area (Å²) < 4.78 is 5.92. The highest BCUT2D eigenvalue weighted by molar-refractivity contribution is 5.99. The minimum absolute atomic E-state index is 0.0894. The average Bonchev–Trinajstić information content (AvgIpc) is 4.07. The fourth-order valence-corrected chi connectivity index (χ4v) is 12.4. The molecule has 0 spiro atoms. The van der Waals surface area contributed by atoms with Crippen molar-refractivity contribution < 1.29 is 57.5 Å². The first-order chi connectivity index (χ1) is 37.1. The largest absolute Gasteiger partial charge is 0.459 e. The Labute approximate surface area is 475 Å². The number of fused-ring (bicyclic) bond motifs is 2. The van der Waals surface area contributed by atoms with Gasteiger partial charge in [0.2, 0.25) is 59.1 Å². The number of hydrogen-bond acceptors (Lipinski definition) is 12. The number of amides is 10. The van der Waals surface area contributed by atoms with Gasteiger partial charge in [0.15, 0.2) is 0 Å². The maximum atomic E-state index is 15.2. The predicted octanol–water partition coefficient (Wildman–Crippen LogP) is 2.51. The van der Waals surface area contributed by atoms with Gasteiger partial charge in [-0.15, -0.1) is 0 Å². The van der Waals surface area contributed by atoms with Crippen molar-refractivity contribution in [2.75, 3.05) is 54.4 Å². The molecule has 0 aromatic rings. The van der Waals surface area contributed by atoms with Gasteiger partial charge in [0.05, 0.1) is 0 Å². The van der Waals surface area contributed by atoms with Crippen LogP contribution in [0.4, 0.5) is 0 Å². The Kier molecular flexibility index (Phi) is 23.5. The number of ether oxygens (including phenoxy) is 1. The molecule has 4 heterocycles. The first-order valence-corrected chi connectivity index (χ1v) is 29.1. The Morgan fingerprint density at radius 2 is 1.11 bits per heavy atom. The second-order valence-electron chi connectivity index (χ2n) is 25.8. The van der Waals surface area contributed by atoms with Crippen LogP contribution in [-0.4, -0.2) is 214 Å². The monoisotopic (exact) mass is 1130 g/mol. The summed E-state index contributed by atoms with van der Waals surface area (Å²) in [6.07, 6.45) is -0.251. The van der Waals surface area contributed by atoms with Gasteiger partial charge in [0.25, 0.3) is 0 Å². The van der Waals surface area contributed by atoms with Crippen LogP contribution in [0.2, 0.25) is 0 Å². The molecular weight excluding hydrogens is 1030 g/mol. The smallest absolute Gasteiger partial charge is 0.325 e. The summed E-state index contributed by atoms with van der Waals surface area (Å²) in [6, 6.07) is -10.2. The van der Waals surface area contributed by atoms with Gasteiger partial charge >= 0.3 is 5.97 Å². The van der Waals surface area contributed by atoms with Gasteiger partial charge < -0.3 is 55.0 Å². The first-order valence-electron chi connectivity index (χ1n) is 29.1. The molecule has 0 aliphatic carbocycles. The van der Waals surface area contributed by atoms with Crippen molar-refractivity contribution >= 4 is 65.0 Å². The molecule has 4 rings (SSSR count). The lowest BCUT2D eigenvalue weighted by molar-refractivity contribution is -0.160. The number of likely N-dealkylation sites (N-methyl/N-ethyl adjacent to an activating group) is 4. The first kappa shape index (κ1) is 66.7. The van der Waals surface area contributed by atoms with E-state index in [-0.39, 0.29) is 105 Å². The summed E-state index contributed by atoms with van der Waals surface area (Å²) >= 11 is 0. The molecule has 4 aliphatic heterocycles. The van der Waals surface area contributed by atoms with E-state index in [9.17, 15) is 38.4 Å². The van der Waals surface area contributed by atoms with Crippen LogP contribution in [0.5, 0.6) is 0 Å². The predicted molar refractivity (Wildman–Crippen MR) is 300 cm³/mol. The molecule has 0 aromatic heterocycles. The second-order valence-corrected chi connectivity index (χ2v) is 25.8. The van der Waals surface area contributed by atoms with Gasteiger partial charge in [0.1, 0.15) is 67.0 Å². The lowest BCUT2D eigenvalue weighted by atomic mass is 9.97. The van der Waals surface area contributed by atoms with E-state index in [2.05, 4.69) is 16.0 Å². The van der Waals surface area contributed by atoms with Crippen molar-refractivity contribution in [1.29, 1.82) is 0 Å². The number of likely N-dealkylation sites (tertiary alicyclic amines) is 1. The van der Waals surface area contributed by atoms with E-state index in [1.54, 1.807) is 27.7 Å². The molecule has 0 bridgehead atoms. The molecule has 13 atom stereocenters. The number of nitrogens with zero attached hydrogens (tertiary/aromatic N) is 7. The van der Waals surface area contributed by atoms with E-state index in [1.807, 2.05) is 62.3 Å². The quantitative estimate of drug-likeness (QED) is 0.239. The zero-order valence-electron chi connectivity index (χ0n) is 51.5. The number of rotatable bonds is 12. The minimum atomic E-state index is -1.63. The van der Waals surface area contributed by atoms with E-state index in [1.165, 1.54) is 71.4 Å². The summed E-state index contributed by atoms with van der Waals surface area (Å²) in [6.45, 7) is 26.7. The fourth-order valence-electron chi connectivity index (χ4n) is 12.4. The molecule has 0 aromatic carbocycles. The van der Waals surface area contributed by atoms with Gasteiger partial charge in [0, 0.05) is 54.7 Å². The van der Waals surface area contributed by atoms with E-state index in [4.69, 9.17) is 4.74 Å². The lowest BCUT2D eigenvalue weighted by Crippen LogP contribution is -2.62. The lowest BCUT2D eigenvalue weighted by Gasteiger charge is -2.38. The van der Waals surface area contributed by atoms with Crippen LogP contribution in [0.3, 0.4) is 0 Å². The highest BCUT2D eigenvalue weighted by Crippen LogP contribution is 2.32. The normalized spacial score (nSPS) is 29.9. The molecule has 0 radical (unpaired) electrons. The molecule has 1 unspecified atom stereocenters. The third-order valence-corrected chi connectivity index (χ3v) is 16.4. The van der Waals surface area contributed by atoms with Crippen molar-refractivity contribution in [1.82, 2.24) is 50.2 Å². The SMILES string of the molecule is CC(=O)N(C)[C@H](C(=O)N1C[C@H](C)C[C@H]1C(=O)N(C)[C@@H]1C(=O)N[C@@H](CC(C)C)C(=O)N2C[C@H](C)C[C@H]2C(=O)N[C@@H](CC(C)C)C(=O)N(C)[C@@H](C(C)C)C(=O)N2CC(C)C[C@H]2C(=O)N(C)[C@H](CC(C)C)C(=O)NCC(=O)O[C@@H]1C)C(C)C. The van der Waals surface area contributed by atoms with Crippen LogP contribution in [0, 0.1) is 47.3 Å². The molecule has 4 aliphatic rings. The average molecular weight is 1130 g/mol. The highest BCUT2D eigenvalue weighted by Gasteiger charge is 2.50. The summed E-state index contributed by atoms with van der Waals surface area (Å²) in [5.74, 6) is -8.32. The number of carbonyl (C=O) groups excluding carboxylic acids is 11. The van der Waals surface area contributed by atoms with E-state index >= 15 is 14.4 Å². The topological polar surface area (TPSA) is 256 Å². The van der Waals surface area contributed by atoms with Crippen molar-refractivity contribution in [2.45, 2.75) is 203 Å². The van der Waals surface area contributed by atoms with Gasteiger partial charge in [-0.1, -0.05) is 90.0 Å². The van der Waals surface area contributed by atoms with E-state index < -0.39 is 132 Å². The van der Waals surface area contributed by atoms with E-state index in [0.29, 0.717) is 0 Å². The molecule has 22 nitrogen and oxygen atoms in total. The van der Waals surface area contributed by atoms with Gasteiger partial charge in [-0.3, -0.25) is 52.7 Å². The molecule has 10 amide bonds. The van der Waals surface area contributed by atoms with Crippen LogP contribution in [0.25, 0.3) is 0 Å². The van der Waals surface area contributed by atoms with Gasteiger partial charge in [-0.05, 0) is 92.8 Å². The summed E-state index contributed by atoms with van der Waals surface area (Å²) in [5.41, 5.74) is 0. The number of hydrogen-bond donors (Lipinski definition) is 3. The maximum absolute atomic E-state index is 15.2. The number of carbonyl (C=O) groups is 11.